The molecule has 0 saturated carbocycles. The second-order valence-corrected chi connectivity index (χ2v) is 4.29. The van der Waals surface area contributed by atoms with E-state index in [1.807, 2.05) is 0 Å². The van der Waals surface area contributed by atoms with Crippen LogP contribution in [0.25, 0.3) is 0 Å². The number of halogens is 1. The van der Waals surface area contributed by atoms with E-state index in [2.05, 4.69) is 0 Å². The predicted octanol–water partition coefficient (Wildman–Crippen LogP) is 1.44. The summed E-state index contributed by atoms with van der Waals surface area (Å²) in [6, 6.07) is 7.27. The fourth-order valence-corrected chi connectivity index (χ4v) is 1.81. The third-order valence-corrected chi connectivity index (χ3v) is 2.88. The van der Waals surface area contributed by atoms with Crippen LogP contribution in [-0.2, 0) is 6.54 Å². The molecule has 19 heavy (non-hydrogen) atoms. The van der Waals surface area contributed by atoms with Crippen LogP contribution >= 0.6 is 0 Å². The van der Waals surface area contributed by atoms with Crippen molar-refractivity contribution in [3.05, 3.63) is 69.4 Å². The van der Waals surface area contributed by atoms with E-state index in [0.717, 1.165) is 0 Å². The molecule has 0 fully saturated rings. The fraction of sp³-hybridized carbons (Fsp3) is 0.143. The van der Waals surface area contributed by atoms with Gasteiger partial charge in [0.05, 0.1) is 6.54 Å². The van der Waals surface area contributed by atoms with Crippen molar-refractivity contribution in [3.63, 3.8) is 0 Å². The van der Waals surface area contributed by atoms with Crippen LogP contribution in [0.1, 0.15) is 21.5 Å². The number of benzene rings is 1. The highest BCUT2D eigenvalue weighted by molar-refractivity contribution is 5.92. The minimum Gasteiger partial charge on any atom is -0.366 e. The van der Waals surface area contributed by atoms with Crippen LogP contribution < -0.4 is 11.3 Å². The highest BCUT2D eigenvalue weighted by Crippen LogP contribution is 2.11. The first-order valence-corrected chi connectivity index (χ1v) is 5.73. The molecular weight excluding hydrogens is 247 g/mol. The molecule has 1 aromatic heterocycles. The molecule has 2 aromatic rings. The monoisotopic (exact) mass is 260 g/mol. The number of amides is 1. The second kappa shape index (κ2) is 5.06. The van der Waals surface area contributed by atoms with Crippen molar-refractivity contribution in [1.82, 2.24) is 4.57 Å². The maximum Gasteiger partial charge on any atom is 0.253 e. The summed E-state index contributed by atoms with van der Waals surface area (Å²) in [6.45, 7) is 1.75. The highest BCUT2D eigenvalue weighted by Gasteiger charge is 2.08. The SMILES string of the molecule is Cc1cccn(Cc2cc(C(N)=O)ccc2F)c1=O. The molecule has 1 amide bonds. The summed E-state index contributed by atoms with van der Waals surface area (Å²) in [4.78, 5) is 22.9. The maximum absolute atomic E-state index is 13.7. The summed E-state index contributed by atoms with van der Waals surface area (Å²) in [7, 11) is 0. The molecule has 0 spiro atoms. The van der Waals surface area contributed by atoms with Crippen LogP contribution in [0.15, 0.2) is 41.3 Å². The molecule has 4 nitrogen and oxygen atoms in total. The van der Waals surface area contributed by atoms with E-state index in [1.165, 1.54) is 22.8 Å². The Morgan fingerprint density at radius 3 is 2.79 bits per heavy atom. The lowest BCUT2D eigenvalue weighted by Gasteiger charge is -2.08. The van der Waals surface area contributed by atoms with Gasteiger partial charge in [0.1, 0.15) is 5.82 Å². The Bertz CT molecular complexity index is 692. The topological polar surface area (TPSA) is 65.1 Å². The van der Waals surface area contributed by atoms with Gasteiger partial charge >= 0.3 is 0 Å². The minimum atomic E-state index is -0.627. The third-order valence-electron chi connectivity index (χ3n) is 2.88. The molecule has 1 aromatic carbocycles. The Morgan fingerprint density at radius 1 is 1.37 bits per heavy atom. The van der Waals surface area contributed by atoms with Crippen LogP contribution in [0, 0.1) is 12.7 Å². The number of pyridine rings is 1. The molecule has 0 aliphatic rings. The van der Waals surface area contributed by atoms with Gasteiger partial charge in [0, 0.05) is 22.9 Å². The van der Waals surface area contributed by atoms with Crippen molar-refractivity contribution >= 4 is 5.91 Å². The quantitative estimate of drug-likeness (QED) is 0.907. The number of carbonyl (C=O) groups excluding carboxylic acids is 1. The van der Waals surface area contributed by atoms with Crippen LogP contribution in [-0.4, -0.2) is 10.5 Å². The number of primary amides is 1. The van der Waals surface area contributed by atoms with Gasteiger partial charge in [0.2, 0.25) is 5.91 Å². The minimum absolute atomic E-state index is 0.0630. The fourth-order valence-electron chi connectivity index (χ4n) is 1.81. The summed E-state index contributed by atoms with van der Waals surface area (Å²) in [6.07, 6.45) is 1.58. The molecule has 0 saturated heterocycles. The van der Waals surface area contributed by atoms with Gasteiger partial charge in [-0.3, -0.25) is 9.59 Å². The van der Waals surface area contributed by atoms with E-state index in [0.29, 0.717) is 5.56 Å². The molecule has 1 heterocycles. The average Bonchev–Trinajstić information content (AvgIpc) is 2.37. The van der Waals surface area contributed by atoms with Crippen molar-refractivity contribution in [2.75, 3.05) is 0 Å². The molecule has 2 rings (SSSR count). The lowest BCUT2D eigenvalue weighted by Crippen LogP contribution is -2.22. The maximum atomic E-state index is 13.7. The lowest BCUT2D eigenvalue weighted by atomic mass is 10.1. The van der Waals surface area contributed by atoms with Gasteiger partial charge < -0.3 is 10.3 Å². The number of nitrogens with zero attached hydrogens (tertiary/aromatic N) is 1. The number of hydrogen-bond acceptors (Lipinski definition) is 2. The summed E-state index contributed by atoms with van der Waals surface area (Å²) in [5, 5.41) is 0. The van der Waals surface area contributed by atoms with Gasteiger partial charge in [-0.1, -0.05) is 6.07 Å². The van der Waals surface area contributed by atoms with Crippen molar-refractivity contribution in [2.45, 2.75) is 13.5 Å². The molecular formula is C14H13FN2O2. The van der Waals surface area contributed by atoms with Crippen LogP contribution in [0.2, 0.25) is 0 Å². The van der Waals surface area contributed by atoms with Crippen molar-refractivity contribution < 1.29 is 9.18 Å². The second-order valence-electron chi connectivity index (χ2n) is 4.29. The predicted molar refractivity (Wildman–Crippen MR) is 69.5 cm³/mol. The molecule has 0 bridgehead atoms. The zero-order chi connectivity index (χ0) is 14.0. The van der Waals surface area contributed by atoms with Crippen molar-refractivity contribution in [2.24, 2.45) is 5.73 Å². The standard InChI is InChI=1S/C14H13FN2O2/c1-9-3-2-6-17(14(9)19)8-11-7-10(13(16)18)4-5-12(11)15/h2-7H,8H2,1H3,(H2,16,18). The zero-order valence-corrected chi connectivity index (χ0v) is 10.4. The van der Waals surface area contributed by atoms with Gasteiger partial charge in [0.25, 0.3) is 5.56 Å². The molecule has 2 N–H and O–H groups in total. The first-order valence-electron chi connectivity index (χ1n) is 5.73. The van der Waals surface area contributed by atoms with Gasteiger partial charge in [-0.25, -0.2) is 4.39 Å². The number of carbonyl (C=O) groups is 1. The number of nitrogens with two attached hydrogens (primary N) is 1. The Kier molecular flexibility index (Phi) is 3.46. The number of rotatable bonds is 3. The number of aromatic nitrogens is 1. The molecule has 0 aliphatic carbocycles. The van der Waals surface area contributed by atoms with Crippen molar-refractivity contribution in [3.8, 4) is 0 Å². The molecule has 5 heteroatoms. The largest absolute Gasteiger partial charge is 0.366 e. The summed E-state index contributed by atoms with van der Waals surface area (Å²) >= 11 is 0. The molecule has 98 valence electrons. The van der Waals surface area contributed by atoms with Crippen molar-refractivity contribution in [1.29, 1.82) is 0 Å². The average molecular weight is 260 g/mol. The van der Waals surface area contributed by atoms with E-state index in [-0.39, 0.29) is 23.2 Å². The van der Waals surface area contributed by atoms with E-state index in [4.69, 9.17) is 5.73 Å². The van der Waals surface area contributed by atoms with Gasteiger partial charge in [-0.2, -0.15) is 0 Å². The Balaban J connectivity index is 2.43. The van der Waals surface area contributed by atoms with E-state index >= 15 is 0 Å². The highest BCUT2D eigenvalue weighted by atomic mass is 19.1. The summed E-state index contributed by atoms with van der Waals surface area (Å²) in [5.41, 5.74) is 6.01. The number of aryl methyl sites for hydroxylation is 1. The molecule has 0 unspecified atom stereocenters. The van der Waals surface area contributed by atoms with Crippen LogP contribution in [0.3, 0.4) is 0 Å². The smallest absolute Gasteiger partial charge is 0.253 e. The normalized spacial score (nSPS) is 10.4. The van der Waals surface area contributed by atoms with E-state index in [9.17, 15) is 14.0 Å². The van der Waals surface area contributed by atoms with Gasteiger partial charge in [0.15, 0.2) is 0 Å². The van der Waals surface area contributed by atoms with E-state index < -0.39 is 11.7 Å². The molecule has 0 radical (unpaired) electrons. The first-order chi connectivity index (χ1) is 8.99. The first kappa shape index (κ1) is 13.0. The lowest BCUT2D eigenvalue weighted by molar-refractivity contribution is 0.1000. The van der Waals surface area contributed by atoms with Crippen LogP contribution in [0.5, 0.6) is 0 Å². The third kappa shape index (κ3) is 2.70. The van der Waals surface area contributed by atoms with Gasteiger partial charge in [-0.15, -0.1) is 0 Å². The Morgan fingerprint density at radius 2 is 2.11 bits per heavy atom. The molecule has 0 atom stereocenters. The summed E-state index contributed by atoms with van der Waals surface area (Å²) in [5.74, 6) is -1.10. The summed E-state index contributed by atoms with van der Waals surface area (Å²) < 4.78 is 15.1. The zero-order valence-electron chi connectivity index (χ0n) is 10.4. The van der Waals surface area contributed by atoms with Gasteiger partial charge in [-0.05, 0) is 31.2 Å². The number of hydrogen-bond donors (Lipinski definition) is 1. The Labute approximate surface area is 109 Å². The van der Waals surface area contributed by atoms with Crippen LogP contribution in [0.4, 0.5) is 4.39 Å². The Hall–Kier alpha value is -2.43. The van der Waals surface area contributed by atoms with E-state index in [1.54, 1.807) is 25.3 Å². The molecule has 0 aliphatic heterocycles.